The topological polar surface area (TPSA) is 34.1 Å². The van der Waals surface area contributed by atoms with E-state index in [0.29, 0.717) is 6.42 Å². The van der Waals surface area contributed by atoms with E-state index in [4.69, 9.17) is 0 Å². The van der Waals surface area contributed by atoms with Gasteiger partial charge in [-0.2, -0.15) is 0 Å². The van der Waals surface area contributed by atoms with Crippen LogP contribution in [0.15, 0.2) is 0 Å². The smallest absolute Gasteiger partial charge is 0.147 e. The van der Waals surface area contributed by atoms with Gasteiger partial charge < -0.3 is 0 Å². The van der Waals surface area contributed by atoms with Gasteiger partial charge in [0.05, 0.1) is 5.92 Å². The highest BCUT2D eigenvalue weighted by Gasteiger charge is 2.50. The Morgan fingerprint density at radius 3 is 1.60 bits per heavy atom. The van der Waals surface area contributed by atoms with Crippen molar-refractivity contribution in [3.05, 3.63) is 0 Å². The van der Waals surface area contributed by atoms with Gasteiger partial charge in [0.1, 0.15) is 11.6 Å². The first-order chi connectivity index (χ1) is 6.55. The molecule has 1 aliphatic rings. The van der Waals surface area contributed by atoms with Gasteiger partial charge in [-0.3, -0.25) is 9.59 Å². The molecule has 0 radical (unpaired) electrons. The molecule has 1 rings (SSSR count). The summed E-state index contributed by atoms with van der Waals surface area (Å²) in [4.78, 5) is 24.1. The predicted molar refractivity (Wildman–Crippen MR) is 60.5 cm³/mol. The highest BCUT2D eigenvalue weighted by Crippen LogP contribution is 2.43. The Bertz CT molecular complexity index is 289. The predicted octanol–water partition coefficient (Wildman–Crippen LogP) is 2.85. The van der Waals surface area contributed by atoms with Gasteiger partial charge in [0.2, 0.25) is 0 Å². The number of rotatable bonds is 0. The van der Waals surface area contributed by atoms with Gasteiger partial charge in [-0.15, -0.1) is 0 Å². The van der Waals surface area contributed by atoms with Crippen LogP contribution in [0.5, 0.6) is 0 Å². The molecule has 0 N–H and O–H groups in total. The zero-order valence-electron chi connectivity index (χ0n) is 10.7. The second kappa shape index (κ2) is 3.43. The number of hydrogen-bond acceptors (Lipinski definition) is 2. The molecule has 2 atom stereocenters. The normalized spacial score (nSPS) is 28.7. The number of carbonyl (C=O) groups excluding carboxylic acids is 2. The third-order valence-electron chi connectivity index (χ3n) is 3.27. The van der Waals surface area contributed by atoms with Crippen LogP contribution >= 0.6 is 0 Å². The van der Waals surface area contributed by atoms with Crippen molar-refractivity contribution in [2.75, 3.05) is 0 Å². The van der Waals surface area contributed by atoms with Gasteiger partial charge in [0.15, 0.2) is 0 Å². The fourth-order valence-corrected chi connectivity index (χ4v) is 2.42. The van der Waals surface area contributed by atoms with Crippen molar-refractivity contribution in [1.82, 2.24) is 0 Å². The number of hydrogen-bond donors (Lipinski definition) is 0. The fourth-order valence-electron chi connectivity index (χ4n) is 2.42. The summed E-state index contributed by atoms with van der Waals surface area (Å²) >= 11 is 0. The lowest BCUT2D eigenvalue weighted by molar-refractivity contribution is -0.133. The monoisotopic (exact) mass is 210 g/mol. The maximum absolute atomic E-state index is 12.2. The largest absolute Gasteiger partial charge is 0.299 e. The van der Waals surface area contributed by atoms with Crippen molar-refractivity contribution >= 4 is 11.6 Å². The average molecular weight is 210 g/mol. The van der Waals surface area contributed by atoms with E-state index in [2.05, 4.69) is 0 Å². The highest BCUT2D eigenvalue weighted by atomic mass is 16.2. The number of ketones is 2. The molecule has 1 fully saturated rings. The Morgan fingerprint density at radius 2 is 1.40 bits per heavy atom. The van der Waals surface area contributed by atoms with Gasteiger partial charge >= 0.3 is 0 Å². The minimum Gasteiger partial charge on any atom is -0.299 e. The van der Waals surface area contributed by atoms with Crippen LogP contribution in [0.1, 0.15) is 48.0 Å². The lowest BCUT2D eigenvalue weighted by Gasteiger charge is -2.28. The maximum atomic E-state index is 12.2. The molecule has 0 spiro atoms. The van der Waals surface area contributed by atoms with E-state index < -0.39 is 0 Å². The summed E-state index contributed by atoms with van der Waals surface area (Å²) in [6.07, 6.45) is 0.435. The summed E-state index contributed by atoms with van der Waals surface area (Å²) in [5.41, 5.74) is -0.319. The van der Waals surface area contributed by atoms with Gasteiger partial charge in [-0.1, -0.05) is 41.5 Å². The fraction of sp³-hybridized carbons (Fsp3) is 0.846. The maximum Gasteiger partial charge on any atom is 0.147 e. The van der Waals surface area contributed by atoms with E-state index in [-0.39, 0.29) is 34.2 Å². The Morgan fingerprint density at radius 1 is 0.933 bits per heavy atom. The molecule has 1 saturated carbocycles. The summed E-state index contributed by atoms with van der Waals surface area (Å²) in [7, 11) is 0. The molecule has 0 amide bonds. The molecule has 0 aromatic carbocycles. The van der Waals surface area contributed by atoms with E-state index in [9.17, 15) is 9.59 Å². The van der Waals surface area contributed by atoms with Crippen molar-refractivity contribution < 1.29 is 9.59 Å². The lowest BCUT2D eigenvalue weighted by atomic mass is 9.74. The van der Waals surface area contributed by atoms with Crippen molar-refractivity contribution in [3.8, 4) is 0 Å². The Labute approximate surface area is 92.4 Å². The molecule has 2 nitrogen and oxygen atoms in total. The van der Waals surface area contributed by atoms with E-state index >= 15 is 0 Å². The van der Waals surface area contributed by atoms with Crippen LogP contribution in [-0.4, -0.2) is 11.6 Å². The summed E-state index contributed by atoms with van der Waals surface area (Å²) in [5.74, 6) is -0.191. The molecule has 0 saturated heterocycles. The summed E-state index contributed by atoms with van der Waals surface area (Å²) in [5, 5.41) is 0. The van der Waals surface area contributed by atoms with Crippen molar-refractivity contribution in [2.24, 2.45) is 22.7 Å². The Kier molecular flexibility index (Phi) is 2.84. The first-order valence-electron chi connectivity index (χ1n) is 5.61. The molecule has 2 heteroatoms. The van der Waals surface area contributed by atoms with Crippen LogP contribution in [0.3, 0.4) is 0 Å². The molecule has 1 aliphatic carbocycles. The van der Waals surface area contributed by atoms with E-state index in [1.54, 1.807) is 0 Å². The second-order valence-electron chi connectivity index (χ2n) is 6.79. The first kappa shape index (κ1) is 12.4. The van der Waals surface area contributed by atoms with E-state index in [1.807, 2.05) is 41.5 Å². The van der Waals surface area contributed by atoms with Crippen LogP contribution in [-0.2, 0) is 9.59 Å². The molecule has 0 bridgehead atoms. The van der Waals surface area contributed by atoms with Crippen LogP contribution in [0.2, 0.25) is 0 Å². The van der Waals surface area contributed by atoms with Crippen LogP contribution in [0, 0.1) is 22.7 Å². The van der Waals surface area contributed by atoms with E-state index in [0.717, 1.165) is 0 Å². The molecule has 0 aliphatic heterocycles. The van der Waals surface area contributed by atoms with Gasteiger partial charge in [-0.05, 0) is 10.8 Å². The van der Waals surface area contributed by atoms with Crippen LogP contribution in [0.4, 0.5) is 0 Å². The van der Waals surface area contributed by atoms with Gasteiger partial charge in [-0.25, -0.2) is 0 Å². The van der Waals surface area contributed by atoms with Crippen LogP contribution in [0.25, 0.3) is 0 Å². The molecule has 2 unspecified atom stereocenters. The molecule has 15 heavy (non-hydrogen) atoms. The molecule has 0 aromatic rings. The van der Waals surface area contributed by atoms with Gasteiger partial charge in [0.25, 0.3) is 0 Å². The summed E-state index contributed by atoms with van der Waals surface area (Å²) < 4.78 is 0. The molecule has 86 valence electrons. The average Bonchev–Trinajstić information content (AvgIpc) is 2.22. The summed E-state index contributed by atoms with van der Waals surface area (Å²) in [6.45, 7) is 12.0. The lowest BCUT2D eigenvalue weighted by Crippen LogP contribution is -2.33. The molecule has 0 aromatic heterocycles. The molecular weight excluding hydrogens is 188 g/mol. The molecule has 0 heterocycles. The second-order valence-corrected chi connectivity index (χ2v) is 6.79. The third-order valence-corrected chi connectivity index (χ3v) is 3.27. The standard InChI is InChI=1S/C13H22O2/c1-12(2,3)8-7-9(14)10(11(8)15)13(4,5)6/h8,10H,7H2,1-6H3. The van der Waals surface area contributed by atoms with Gasteiger partial charge in [0, 0.05) is 12.3 Å². The SMILES string of the molecule is CC(C)(C)C1CC(=O)C(C(C)(C)C)C1=O. The molecular formula is C13H22O2. The highest BCUT2D eigenvalue weighted by molar-refractivity contribution is 6.10. The zero-order valence-corrected chi connectivity index (χ0v) is 10.7. The van der Waals surface area contributed by atoms with Crippen molar-refractivity contribution in [2.45, 2.75) is 48.0 Å². The van der Waals surface area contributed by atoms with Crippen molar-refractivity contribution in [3.63, 3.8) is 0 Å². The first-order valence-corrected chi connectivity index (χ1v) is 5.61. The third kappa shape index (κ3) is 2.30. The Balaban J connectivity index is 3.00. The van der Waals surface area contributed by atoms with Crippen molar-refractivity contribution in [1.29, 1.82) is 0 Å². The van der Waals surface area contributed by atoms with E-state index in [1.165, 1.54) is 0 Å². The number of carbonyl (C=O) groups is 2. The zero-order chi connectivity index (χ0) is 12.0. The van der Waals surface area contributed by atoms with Crippen LogP contribution < -0.4 is 0 Å². The minimum absolute atomic E-state index is 0.0887. The Hall–Kier alpha value is -0.660. The minimum atomic E-state index is -0.387. The summed E-state index contributed by atoms with van der Waals surface area (Å²) in [6, 6.07) is 0. The quantitative estimate of drug-likeness (QED) is 0.576. The number of Topliss-reactive ketones (excluding diaryl/α,β-unsaturated/α-hetero) is 2.